The molecule has 0 heterocycles. The number of halogens is 1. The highest BCUT2D eigenvalue weighted by atomic mass is 35.5. The van der Waals surface area contributed by atoms with Gasteiger partial charge in [0, 0.05) is 5.02 Å². The van der Waals surface area contributed by atoms with Crippen molar-refractivity contribution in [2.45, 2.75) is 32.6 Å². The summed E-state index contributed by atoms with van der Waals surface area (Å²) >= 11 is 5.88. The van der Waals surface area contributed by atoms with Gasteiger partial charge in [0.25, 0.3) is 0 Å². The molecule has 1 aromatic rings. The van der Waals surface area contributed by atoms with Crippen LogP contribution < -0.4 is 5.73 Å². The zero-order valence-corrected chi connectivity index (χ0v) is 10.3. The first-order chi connectivity index (χ1) is 7.15. The Morgan fingerprint density at radius 1 is 1.20 bits per heavy atom. The van der Waals surface area contributed by atoms with Crippen LogP contribution in [0.5, 0.6) is 0 Å². The minimum absolute atomic E-state index is 0.603. The SMILES string of the molecule is CC(C)C(CCCN)c1ccc(Cl)cc1. The molecule has 1 nitrogen and oxygen atoms in total. The molecule has 0 aromatic heterocycles. The van der Waals surface area contributed by atoms with E-state index in [4.69, 9.17) is 17.3 Å². The second-order valence-corrected chi connectivity index (χ2v) is 4.77. The number of nitrogens with two attached hydrogens (primary N) is 1. The first-order valence-electron chi connectivity index (χ1n) is 5.60. The van der Waals surface area contributed by atoms with Gasteiger partial charge >= 0.3 is 0 Å². The zero-order chi connectivity index (χ0) is 11.3. The number of hydrogen-bond donors (Lipinski definition) is 1. The molecular formula is C13H20ClN. The molecule has 1 unspecified atom stereocenters. The fraction of sp³-hybridized carbons (Fsp3) is 0.538. The van der Waals surface area contributed by atoms with Crippen LogP contribution in [0.3, 0.4) is 0 Å². The second-order valence-electron chi connectivity index (χ2n) is 4.33. The van der Waals surface area contributed by atoms with Gasteiger partial charge in [-0.2, -0.15) is 0 Å². The fourth-order valence-corrected chi connectivity index (χ4v) is 2.06. The van der Waals surface area contributed by atoms with E-state index in [0.29, 0.717) is 11.8 Å². The van der Waals surface area contributed by atoms with Crippen molar-refractivity contribution >= 4 is 11.6 Å². The Morgan fingerprint density at radius 2 is 1.80 bits per heavy atom. The summed E-state index contributed by atoms with van der Waals surface area (Å²) in [6.07, 6.45) is 2.25. The molecule has 0 amide bonds. The van der Waals surface area contributed by atoms with Gasteiger partial charge in [-0.05, 0) is 48.9 Å². The molecule has 84 valence electrons. The topological polar surface area (TPSA) is 26.0 Å². The molecule has 0 radical (unpaired) electrons. The molecule has 0 spiro atoms. The van der Waals surface area contributed by atoms with Gasteiger partial charge < -0.3 is 5.73 Å². The molecule has 0 bridgehead atoms. The molecule has 0 saturated carbocycles. The van der Waals surface area contributed by atoms with E-state index in [0.717, 1.165) is 24.4 Å². The van der Waals surface area contributed by atoms with Crippen LogP contribution in [0.25, 0.3) is 0 Å². The molecular weight excluding hydrogens is 206 g/mol. The van der Waals surface area contributed by atoms with E-state index in [9.17, 15) is 0 Å². The first-order valence-corrected chi connectivity index (χ1v) is 5.98. The lowest BCUT2D eigenvalue weighted by Gasteiger charge is -2.21. The number of rotatable bonds is 5. The molecule has 1 aromatic carbocycles. The van der Waals surface area contributed by atoms with Crippen molar-refractivity contribution in [3.05, 3.63) is 34.9 Å². The lowest BCUT2D eigenvalue weighted by molar-refractivity contribution is 0.458. The maximum absolute atomic E-state index is 5.88. The Hall–Kier alpha value is -0.530. The molecule has 1 rings (SSSR count). The Bertz CT molecular complexity index is 279. The van der Waals surface area contributed by atoms with E-state index >= 15 is 0 Å². The summed E-state index contributed by atoms with van der Waals surface area (Å²) in [5.41, 5.74) is 6.94. The summed E-state index contributed by atoms with van der Waals surface area (Å²) in [5.74, 6) is 1.25. The van der Waals surface area contributed by atoms with E-state index < -0.39 is 0 Å². The van der Waals surface area contributed by atoms with Gasteiger partial charge in [0.05, 0.1) is 0 Å². The molecule has 0 aliphatic rings. The molecule has 0 aliphatic carbocycles. The molecule has 0 aliphatic heterocycles. The average molecular weight is 226 g/mol. The normalized spacial score (nSPS) is 13.1. The average Bonchev–Trinajstić information content (AvgIpc) is 2.21. The van der Waals surface area contributed by atoms with Crippen LogP contribution in [0.2, 0.25) is 5.02 Å². The lowest BCUT2D eigenvalue weighted by Crippen LogP contribution is -2.09. The predicted molar refractivity (Wildman–Crippen MR) is 67.3 cm³/mol. The Morgan fingerprint density at radius 3 is 2.27 bits per heavy atom. The maximum atomic E-state index is 5.88. The van der Waals surface area contributed by atoms with Gasteiger partial charge in [-0.1, -0.05) is 37.6 Å². The summed E-state index contributed by atoms with van der Waals surface area (Å²) in [5, 5.41) is 0.806. The third kappa shape index (κ3) is 3.84. The van der Waals surface area contributed by atoms with Crippen LogP contribution in [0.1, 0.15) is 38.2 Å². The number of hydrogen-bond acceptors (Lipinski definition) is 1. The summed E-state index contributed by atoms with van der Waals surface area (Å²) in [6, 6.07) is 8.19. The minimum atomic E-state index is 0.603. The summed E-state index contributed by atoms with van der Waals surface area (Å²) in [7, 11) is 0. The van der Waals surface area contributed by atoms with Crippen molar-refractivity contribution in [3.8, 4) is 0 Å². The van der Waals surface area contributed by atoms with Gasteiger partial charge in [0.15, 0.2) is 0 Å². The van der Waals surface area contributed by atoms with Crippen LogP contribution >= 0.6 is 11.6 Å². The van der Waals surface area contributed by atoms with E-state index in [1.807, 2.05) is 12.1 Å². The predicted octanol–water partition coefficient (Wildman–Crippen LogP) is 3.82. The molecule has 2 heteroatoms. The van der Waals surface area contributed by atoms with Gasteiger partial charge in [-0.15, -0.1) is 0 Å². The van der Waals surface area contributed by atoms with Crippen molar-refractivity contribution in [1.82, 2.24) is 0 Å². The van der Waals surface area contributed by atoms with Crippen LogP contribution in [-0.2, 0) is 0 Å². The van der Waals surface area contributed by atoms with Crippen LogP contribution in [0.4, 0.5) is 0 Å². The van der Waals surface area contributed by atoms with Crippen LogP contribution in [0.15, 0.2) is 24.3 Å². The van der Waals surface area contributed by atoms with Crippen molar-refractivity contribution in [2.24, 2.45) is 11.7 Å². The molecule has 0 fully saturated rings. The Kier molecular flexibility index (Phi) is 5.13. The highest BCUT2D eigenvalue weighted by Gasteiger charge is 2.14. The van der Waals surface area contributed by atoms with E-state index in [1.165, 1.54) is 5.56 Å². The lowest BCUT2D eigenvalue weighted by atomic mass is 9.85. The van der Waals surface area contributed by atoms with Crippen molar-refractivity contribution < 1.29 is 0 Å². The van der Waals surface area contributed by atoms with Crippen LogP contribution in [0, 0.1) is 5.92 Å². The van der Waals surface area contributed by atoms with E-state index in [1.54, 1.807) is 0 Å². The summed E-state index contributed by atoms with van der Waals surface area (Å²) in [4.78, 5) is 0. The first kappa shape index (κ1) is 12.5. The summed E-state index contributed by atoms with van der Waals surface area (Å²) in [6.45, 7) is 5.29. The zero-order valence-electron chi connectivity index (χ0n) is 9.54. The van der Waals surface area contributed by atoms with Gasteiger partial charge in [-0.3, -0.25) is 0 Å². The smallest absolute Gasteiger partial charge is 0.0406 e. The Balaban J connectivity index is 2.74. The monoisotopic (exact) mass is 225 g/mol. The van der Waals surface area contributed by atoms with Crippen molar-refractivity contribution in [1.29, 1.82) is 0 Å². The van der Waals surface area contributed by atoms with Crippen molar-refractivity contribution in [3.63, 3.8) is 0 Å². The quantitative estimate of drug-likeness (QED) is 0.810. The summed E-state index contributed by atoms with van der Waals surface area (Å²) < 4.78 is 0. The van der Waals surface area contributed by atoms with Gasteiger partial charge in [0.2, 0.25) is 0 Å². The maximum Gasteiger partial charge on any atom is 0.0406 e. The fourth-order valence-electron chi connectivity index (χ4n) is 1.93. The van der Waals surface area contributed by atoms with Gasteiger partial charge in [0.1, 0.15) is 0 Å². The molecule has 15 heavy (non-hydrogen) atoms. The second kappa shape index (κ2) is 6.14. The molecule has 1 atom stereocenters. The van der Waals surface area contributed by atoms with Crippen LogP contribution in [-0.4, -0.2) is 6.54 Å². The molecule has 0 saturated heterocycles. The largest absolute Gasteiger partial charge is 0.330 e. The van der Waals surface area contributed by atoms with Gasteiger partial charge in [-0.25, -0.2) is 0 Å². The highest BCUT2D eigenvalue weighted by molar-refractivity contribution is 6.30. The number of benzene rings is 1. The third-order valence-corrected chi connectivity index (χ3v) is 3.07. The third-order valence-electron chi connectivity index (χ3n) is 2.82. The standard InChI is InChI=1S/C13H20ClN/c1-10(2)13(4-3-9-15)11-5-7-12(14)8-6-11/h5-8,10,13H,3-4,9,15H2,1-2H3. The Labute approximate surface area is 97.6 Å². The molecule has 2 N–H and O–H groups in total. The van der Waals surface area contributed by atoms with E-state index in [-0.39, 0.29) is 0 Å². The van der Waals surface area contributed by atoms with Crippen molar-refractivity contribution in [2.75, 3.05) is 6.54 Å². The van der Waals surface area contributed by atoms with E-state index in [2.05, 4.69) is 26.0 Å². The minimum Gasteiger partial charge on any atom is -0.330 e. The highest BCUT2D eigenvalue weighted by Crippen LogP contribution is 2.29.